The summed E-state index contributed by atoms with van der Waals surface area (Å²) in [7, 11) is 2.15. The van der Waals surface area contributed by atoms with E-state index in [4.69, 9.17) is 10.8 Å². The normalized spacial score (nSPS) is 24.5. The minimum absolute atomic E-state index is 0.0653. The van der Waals surface area contributed by atoms with Gasteiger partial charge in [0.15, 0.2) is 0 Å². The monoisotopic (exact) mass is 186 g/mol. The number of hydrogen-bond donors (Lipinski definition) is 2. The third-order valence-electron chi connectivity index (χ3n) is 2.94. The fourth-order valence-corrected chi connectivity index (χ4v) is 1.73. The van der Waals surface area contributed by atoms with Gasteiger partial charge in [-0.25, -0.2) is 0 Å². The molecule has 2 atom stereocenters. The van der Waals surface area contributed by atoms with Crippen LogP contribution in [0.4, 0.5) is 0 Å². The fraction of sp³-hybridized carbons (Fsp3) is 1.00. The SMILES string of the molecule is CC(CC(C)(N)CO)N(C)C1CC1. The number of nitrogens with zero attached hydrogens (tertiary/aromatic N) is 1. The first kappa shape index (κ1) is 11.0. The molecule has 0 amide bonds. The molecule has 0 aromatic heterocycles. The molecule has 0 radical (unpaired) electrons. The van der Waals surface area contributed by atoms with Gasteiger partial charge in [0.05, 0.1) is 6.61 Å². The van der Waals surface area contributed by atoms with Crippen LogP contribution in [0.3, 0.4) is 0 Å². The van der Waals surface area contributed by atoms with Crippen LogP contribution in [0.5, 0.6) is 0 Å². The highest BCUT2D eigenvalue weighted by Gasteiger charge is 2.31. The molecule has 0 spiro atoms. The molecule has 3 N–H and O–H groups in total. The van der Waals surface area contributed by atoms with E-state index in [-0.39, 0.29) is 6.61 Å². The van der Waals surface area contributed by atoms with E-state index in [2.05, 4.69) is 18.9 Å². The summed E-state index contributed by atoms with van der Waals surface area (Å²) in [6, 6.07) is 1.24. The van der Waals surface area contributed by atoms with Crippen molar-refractivity contribution in [3.05, 3.63) is 0 Å². The summed E-state index contributed by atoms with van der Waals surface area (Å²) >= 11 is 0. The Labute approximate surface area is 80.9 Å². The summed E-state index contributed by atoms with van der Waals surface area (Å²) in [6.07, 6.45) is 3.50. The first-order valence-electron chi connectivity index (χ1n) is 5.08. The first-order valence-corrected chi connectivity index (χ1v) is 5.08. The zero-order valence-corrected chi connectivity index (χ0v) is 8.95. The molecule has 1 rings (SSSR count). The van der Waals surface area contributed by atoms with Crippen molar-refractivity contribution >= 4 is 0 Å². The highest BCUT2D eigenvalue weighted by Crippen LogP contribution is 2.28. The molecule has 0 heterocycles. The number of hydrogen-bond acceptors (Lipinski definition) is 3. The topological polar surface area (TPSA) is 49.5 Å². The van der Waals surface area contributed by atoms with Gasteiger partial charge in [-0.3, -0.25) is 0 Å². The van der Waals surface area contributed by atoms with Crippen molar-refractivity contribution in [2.24, 2.45) is 5.73 Å². The molecule has 1 aliphatic carbocycles. The molecule has 3 nitrogen and oxygen atoms in total. The maximum atomic E-state index is 9.04. The predicted octanol–water partition coefficient (Wildman–Crippen LogP) is 0.569. The first-order chi connectivity index (χ1) is 5.96. The van der Waals surface area contributed by atoms with Gasteiger partial charge in [0.25, 0.3) is 0 Å². The van der Waals surface area contributed by atoms with Gasteiger partial charge in [0, 0.05) is 17.6 Å². The zero-order valence-electron chi connectivity index (χ0n) is 8.95. The van der Waals surface area contributed by atoms with Crippen LogP contribution < -0.4 is 5.73 Å². The van der Waals surface area contributed by atoms with Gasteiger partial charge in [-0.1, -0.05) is 0 Å². The summed E-state index contributed by atoms with van der Waals surface area (Å²) < 4.78 is 0. The molecule has 0 aromatic rings. The molecule has 0 aromatic carbocycles. The Kier molecular flexibility index (Phi) is 3.33. The lowest BCUT2D eigenvalue weighted by molar-refractivity contribution is 0.149. The summed E-state index contributed by atoms with van der Waals surface area (Å²) in [5, 5.41) is 9.04. The Balaban J connectivity index is 2.34. The molecule has 3 heteroatoms. The number of nitrogens with two attached hydrogens (primary N) is 1. The Morgan fingerprint density at radius 1 is 1.62 bits per heavy atom. The average Bonchev–Trinajstić information content (AvgIpc) is 2.85. The molecular formula is C10H22N2O. The number of rotatable bonds is 5. The van der Waals surface area contributed by atoms with Crippen molar-refractivity contribution in [1.82, 2.24) is 4.90 Å². The largest absolute Gasteiger partial charge is 0.394 e. The smallest absolute Gasteiger partial charge is 0.0609 e. The molecule has 0 aliphatic heterocycles. The van der Waals surface area contributed by atoms with Gasteiger partial charge >= 0.3 is 0 Å². The van der Waals surface area contributed by atoms with E-state index in [1.54, 1.807) is 0 Å². The summed E-state index contributed by atoms with van der Waals surface area (Å²) in [5.74, 6) is 0. The Morgan fingerprint density at radius 3 is 2.54 bits per heavy atom. The van der Waals surface area contributed by atoms with Crippen molar-refractivity contribution in [2.45, 2.75) is 50.7 Å². The molecule has 1 aliphatic rings. The van der Waals surface area contributed by atoms with Crippen LogP contribution in [-0.2, 0) is 0 Å². The Bertz CT molecular complexity index is 166. The lowest BCUT2D eigenvalue weighted by atomic mass is 9.95. The van der Waals surface area contributed by atoms with Gasteiger partial charge in [-0.05, 0) is 40.2 Å². The molecule has 13 heavy (non-hydrogen) atoms. The molecule has 0 bridgehead atoms. The van der Waals surface area contributed by atoms with Gasteiger partial charge in [0.2, 0.25) is 0 Å². The minimum atomic E-state index is -0.428. The Hall–Kier alpha value is -0.120. The number of aliphatic hydroxyl groups is 1. The van der Waals surface area contributed by atoms with Crippen LogP contribution in [-0.4, -0.2) is 41.3 Å². The van der Waals surface area contributed by atoms with E-state index >= 15 is 0 Å². The molecule has 78 valence electrons. The molecule has 2 unspecified atom stereocenters. The lowest BCUT2D eigenvalue weighted by Gasteiger charge is -2.31. The van der Waals surface area contributed by atoms with Crippen LogP contribution in [0.2, 0.25) is 0 Å². The maximum Gasteiger partial charge on any atom is 0.0609 e. The fourth-order valence-electron chi connectivity index (χ4n) is 1.73. The zero-order chi connectivity index (χ0) is 10.1. The van der Waals surface area contributed by atoms with E-state index in [0.29, 0.717) is 6.04 Å². The quantitative estimate of drug-likeness (QED) is 0.660. The van der Waals surface area contributed by atoms with Crippen molar-refractivity contribution in [2.75, 3.05) is 13.7 Å². The molecule has 0 saturated heterocycles. The van der Waals surface area contributed by atoms with Crippen LogP contribution >= 0.6 is 0 Å². The van der Waals surface area contributed by atoms with Crippen molar-refractivity contribution in [1.29, 1.82) is 0 Å². The van der Waals surface area contributed by atoms with E-state index in [1.165, 1.54) is 12.8 Å². The van der Waals surface area contributed by atoms with Crippen LogP contribution in [0.1, 0.15) is 33.1 Å². The predicted molar refractivity (Wildman–Crippen MR) is 54.5 cm³/mol. The van der Waals surface area contributed by atoms with Crippen LogP contribution in [0, 0.1) is 0 Å². The highest BCUT2D eigenvalue weighted by molar-refractivity contribution is 4.89. The van der Waals surface area contributed by atoms with E-state index in [9.17, 15) is 0 Å². The lowest BCUT2D eigenvalue weighted by Crippen LogP contribution is -2.46. The Morgan fingerprint density at radius 2 is 2.15 bits per heavy atom. The third-order valence-corrected chi connectivity index (χ3v) is 2.94. The van der Waals surface area contributed by atoms with Crippen molar-refractivity contribution in [3.8, 4) is 0 Å². The second-order valence-corrected chi connectivity index (χ2v) is 4.76. The second kappa shape index (κ2) is 3.95. The molecular weight excluding hydrogens is 164 g/mol. The minimum Gasteiger partial charge on any atom is -0.394 e. The van der Waals surface area contributed by atoms with Gasteiger partial charge in [-0.2, -0.15) is 0 Å². The maximum absolute atomic E-state index is 9.04. The molecule has 1 saturated carbocycles. The number of aliphatic hydroxyl groups excluding tert-OH is 1. The van der Waals surface area contributed by atoms with Gasteiger partial charge in [0.1, 0.15) is 0 Å². The van der Waals surface area contributed by atoms with Crippen LogP contribution in [0.15, 0.2) is 0 Å². The van der Waals surface area contributed by atoms with Gasteiger partial charge in [-0.15, -0.1) is 0 Å². The summed E-state index contributed by atoms with van der Waals surface area (Å²) in [6.45, 7) is 4.15. The van der Waals surface area contributed by atoms with Crippen molar-refractivity contribution in [3.63, 3.8) is 0 Å². The third kappa shape index (κ3) is 3.25. The average molecular weight is 186 g/mol. The summed E-state index contributed by atoms with van der Waals surface area (Å²) in [4.78, 5) is 2.38. The second-order valence-electron chi connectivity index (χ2n) is 4.76. The standard InChI is InChI=1S/C10H22N2O/c1-8(6-10(2,11)7-13)12(3)9-4-5-9/h8-9,13H,4-7,11H2,1-3H3. The van der Waals surface area contributed by atoms with Gasteiger partial charge < -0.3 is 15.7 Å². The van der Waals surface area contributed by atoms with Crippen LogP contribution in [0.25, 0.3) is 0 Å². The molecule has 1 fully saturated rings. The highest BCUT2D eigenvalue weighted by atomic mass is 16.3. The van der Waals surface area contributed by atoms with E-state index in [0.717, 1.165) is 12.5 Å². The van der Waals surface area contributed by atoms with E-state index in [1.807, 2.05) is 6.92 Å². The summed E-state index contributed by atoms with van der Waals surface area (Å²) in [5.41, 5.74) is 5.47. The van der Waals surface area contributed by atoms with Crippen molar-refractivity contribution < 1.29 is 5.11 Å². The van der Waals surface area contributed by atoms with E-state index < -0.39 is 5.54 Å².